The molecular formula is C14H27NO2. The van der Waals surface area contributed by atoms with Gasteiger partial charge in [0.05, 0.1) is 12.2 Å². The molecule has 0 aromatic rings. The molecule has 1 aliphatic heterocycles. The van der Waals surface area contributed by atoms with Gasteiger partial charge in [0.15, 0.2) is 0 Å². The van der Waals surface area contributed by atoms with Crippen LogP contribution in [0.5, 0.6) is 0 Å². The maximum absolute atomic E-state index is 10.6. The van der Waals surface area contributed by atoms with Crippen LogP contribution < -0.4 is 5.73 Å². The van der Waals surface area contributed by atoms with Gasteiger partial charge in [-0.05, 0) is 44.4 Å². The van der Waals surface area contributed by atoms with Gasteiger partial charge in [-0.25, -0.2) is 0 Å². The molecule has 0 radical (unpaired) electrons. The SMILES string of the molecule is CCC1CCC(CN)(C(O)C2CCCO2)CC1. The van der Waals surface area contributed by atoms with Crippen molar-refractivity contribution in [3.05, 3.63) is 0 Å². The Morgan fingerprint density at radius 1 is 1.35 bits per heavy atom. The fraction of sp³-hybridized carbons (Fsp3) is 1.00. The minimum absolute atomic E-state index is 0.0386. The fourth-order valence-electron chi connectivity index (χ4n) is 3.53. The Morgan fingerprint density at radius 2 is 2.06 bits per heavy atom. The van der Waals surface area contributed by atoms with Gasteiger partial charge in [0, 0.05) is 18.6 Å². The van der Waals surface area contributed by atoms with E-state index in [9.17, 15) is 5.11 Å². The van der Waals surface area contributed by atoms with E-state index in [2.05, 4.69) is 6.92 Å². The van der Waals surface area contributed by atoms with Crippen molar-refractivity contribution in [2.24, 2.45) is 17.1 Å². The van der Waals surface area contributed by atoms with Crippen LogP contribution in [0.25, 0.3) is 0 Å². The maximum Gasteiger partial charge on any atom is 0.0869 e. The molecule has 3 N–H and O–H groups in total. The zero-order chi connectivity index (χ0) is 12.3. The van der Waals surface area contributed by atoms with Crippen molar-refractivity contribution in [3.63, 3.8) is 0 Å². The lowest BCUT2D eigenvalue weighted by Gasteiger charge is -2.44. The summed E-state index contributed by atoms with van der Waals surface area (Å²) in [6.07, 6.45) is 7.61. The third-order valence-corrected chi connectivity index (χ3v) is 5.03. The molecule has 2 atom stereocenters. The van der Waals surface area contributed by atoms with Gasteiger partial charge in [0.25, 0.3) is 0 Å². The first-order chi connectivity index (χ1) is 8.22. The summed E-state index contributed by atoms with van der Waals surface area (Å²) < 4.78 is 5.64. The zero-order valence-corrected chi connectivity index (χ0v) is 11.0. The average molecular weight is 241 g/mol. The van der Waals surface area contributed by atoms with Crippen LogP contribution in [0.3, 0.4) is 0 Å². The average Bonchev–Trinajstić information content (AvgIpc) is 2.92. The summed E-state index contributed by atoms with van der Waals surface area (Å²) in [7, 11) is 0. The molecule has 1 saturated heterocycles. The van der Waals surface area contributed by atoms with Crippen molar-refractivity contribution >= 4 is 0 Å². The van der Waals surface area contributed by atoms with Crippen LogP contribution >= 0.6 is 0 Å². The highest BCUT2D eigenvalue weighted by Crippen LogP contribution is 2.44. The number of nitrogens with two attached hydrogens (primary N) is 1. The predicted octanol–water partition coefficient (Wildman–Crippen LogP) is 2.07. The van der Waals surface area contributed by atoms with Gasteiger partial charge in [-0.15, -0.1) is 0 Å². The van der Waals surface area contributed by atoms with E-state index in [0.717, 1.165) is 38.2 Å². The first kappa shape index (κ1) is 13.3. The highest BCUT2D eigenvalue weighted by molar-refractivity contribution is 4.96. The van der Waals surface area contributed by atoms with Crippen LogP contribution in [0.1, 0.15) is 51.9 Å². The Labute approximate surface area is 105 Å². The number of hydrogen-bond acceptors (Lipinski definition) is 3. The third kappa shape index (κ3) is 2.67. The predicted molar refractivity (Wildman–Crippen MR) is 68.7 cm³/mol. The number of rotatable bonds is 4. The minimum atomic E-state index is -0.354. The normalized spacial score (nSPS) is 40.4. The number of ether oxygens (including phenoxy) is 1. The molecule has 0 aromatic carbocycles. The standard InChI is InChI=1S/C14H27NO2/c1-2-11-5-7-14(10-15,8-6-11)13(16)12-4-3-9-17-12/h11-13,16H,2-10,15H2,1H3. The van der Waals surface area contributed by atoms with Gasteiger partial charge in [0.1, 0.15) is 0 Å². The summed E-state index contributed by atoms with van der Waals surface area (Å²) in [6.45, 7) is 3.67. The van der Waals surface area contributed by atoms with Crippen molar-refractivity contribution in [2.75, 3.05) is 13.2 Å². The van der Waals surface area contributed by atoms with Gasteiger partial charge < -0.3 is 15.6 Å². The van der Waals surface area contributed by atoms with E-state index in [1.807, 2.05) is 0 Å². The summed E-state index contributed by atoms with van der Waals surface area (Å²) in [5.41, 5.74) is 5.91. The van der Waals surface area contributed by atoms with Crippen molar-refractivity contribution < 1.29 is 9.84 Å². The van der Waals surface area contributed by atoms with Gasteiger partial charge >= 0.3 is 0 Å². The van der Waals surface area contributed by atoms with E-state index >= 15 is 0 Å². The molecule has 0 amide bonds. The largest absolute Gasteiger partial charge is 0.390 e. The van der Waals surface area contributed by atoms with Crippen LogP contribution in [0.2, 0.25) is 0 Å². The molecule has 0 spiro atoms. The van der Waals surface area contributed by atoms with E-state index in [-0.39, 0.29) is 17.6 Å². The first-order valence-corrected chi connectivity index (χ1v) is 7.21. The number of hydrogen-bond donors (Lipinski definition) is 2. The molecule has 2 rings (SSSR count). The molecule has 2 aliphatic rings. The topological polar surface area (TPSA) is 55.5 Å². The number of aliphatic hydroxyl groups excluding tert-OH is 1. The molecule has 1 heterocycles. The van der Waals surface area contributed by atoms with Gasteiger partial charge in [0.2, 0.25) is 0 Å². The third-order valence-electron chi connectivity index (χ3n) is 5.03. The van der Waals surface area contributed by atoms with Crippen LogP contribution in [-0.2, 0) is 4.74 Å². The lowest BCUT2D eigenvalue weighted by molar-refractivity contribution is -0.0896. The summed E-state index contributed by atoms with van der Waals surface area (Å²) in [5.74, 6) is 0.839. The maximum atomic E-state index is 10.6. The highest BCUT2D eigenvalue weighted by Gasteiger charge is 2.44. The van der Waals surface area contributed by atoms with Crippen LogP contribution in [0.4, 0.5) is 0 Å². The molecule has 2 fully saturated rings. The van der Waals surface area contributed by atoms with Gasteiger partial charge in [-0.2, -0.15) is 0 Å². The number of aliphatic hydroxyl groups is 1. The Balaban J connectivity index is 1.99. The van der Waals surface area contributed by atoms with Crippen molar-refractivity contribution in [1.82, 2.24) is 0 Å². The summed E-state index contributed by atoms with van der Waals surface area (Å²) in [6, 6.07) is 0. The van der Waals surface area contributed by atoms with Crippen molar-refractivity contribution in [2.45, 2.75) is 64.1 Å². The summed E-state index contributed by atoms with van der Waals surface area (Å²) in [4.78, 5) is 0. The quantitative estimate of drug-likeness (QED) is 0.792. The van der Waals surface area contributed by atoms with Crippen LogP contribution in [0, 0.1) is 11.3 Å². The molecule has 100 valence electrons. The lowest BCUT2D eigenvalue weighted by atomic mass is 9.65. The van der Waals surface area contributed by atoms with E-state index in [0.29, 0.717) is 6.54 Å². The Bertz CT molecular complexity index is 230. The Hall–Kier alpha value is -0.120. The molecule has 3 nitrogen and oxygen atoms in total. The Kier molecular flexibility index (Phi) is 4.45. The van der Waals surface area contributed by atoms with Crippen LogP contribution in [0.15, 0.2) is 0 Å². The van der Waals surface area contributed by atoms with Crippen molar-refractivity contribution in [3.8, 4) is 0 Å². The highest BCUT2D eigenvalue weighted by atomic mass is 16.5. The van der Waals surface area contributed by atoms with E-state index in [1.54, 1.807) is 0 Å². The van der Waals surface area contributed by atoms with Gasteiger partial charge in [-0.3, -0.25) is 0 Å². The van der Waals surface area contributed by atoms with Crippen LogP contribution in [-0.4, -0.2) is 30.5 Å². The van der Waals surface area contributed by atoms with E-state index < -0.39 is 0 Å². The molecule has 0 aromatic heterocycles. The molecule has 1 saturated carbocycles. The Morgan fingerprint density at radius 3 is 2.53 bits per heavy atom. The fourth-order valence-corrected chi connectivity index (χ4v) is 3.53. The first-order valence-electron chi connectivity index (χ1n) is 7.21. The second kappa shape index (κ2) is 5.68. The summed E-state index contributed by atoms with van der Waals surface area (Å²) in [5, 5.41) is 10.6. The second-order valence-electron chi connectivity index (χ2n) is 5.91. The van der Waals surface area contributed by atoms with E-state index in [1.165, 1.54) is 19.3 Å². The molecular weight excluding hydrogens is 214 g/mol. The summed E-state index contributed by atoms with van der Waals surface area (Å²) >= 11 is 0. The molecule has 17 heavy (non-hydrogen) atoms. The second-order valence-corrected chi connectivity index (χ2v) is 5.91. The molecule has 0 bridgehead atoms. The monoisotopic (exact) mass is 241 g/mol. The minimum Gasteiger partial charge on any atom is -0.390 e. The molecule has 2 unspecified atom stereocenters. The lowest BCUT2D eigenvalue weighted by Crippen LogP contribution is -2.49. The van der Waals surface area contributed by atoms with Crippen molar-refractivity contribution in [1.29, 1.82) is 0 Å². The smallest absolute Gasteiger partial charge is 0.0869 e. The van der Waals surface area contributed by atoms with Gasteiger partial charge in [-0.1, -0.05) is 13.3 Å². The zero-order valence-electron chi connectivity index (χ0n) is 11.0. The molecule has 3 heteroatoms. The van der Waals surface area contributed by atoms with E-state index in [4.69, 9.17) is 10.5 Å². The molecule has 1 aliphatic carbocycles.